The zero-order chi connectivity index (χ0) is 21.6. The summed E-state index contributed by atoms with van der Waals surface area (Å²) in [7, 11) is 0. The minimum Gasteiger partial charge on any atom is -0.401 e. The largest absolute Gasteiger partial charge is 0.433 e. The van der Waals surface area contributed by atoms with Crippen molar-refractivity contribution in [1.29, 1.82) is 0 Å². The number of aromatic nitrogens is 1. The fraction of sp³-hybridized carbons (Fsp3) is 0. The van der Waals surface area contributed by atoms with E-state index in [0.29, 0.717) is 27.9 Å². The number of nitrogens with one attached hydrogen (secondary N) is 1. The van der Waals surface area contributed by atoms with Crippen LogP contribution in [0.3, 0.4) is 0 Å². The molecule has 0 bridgehead atoms. The topological polar surface area (TPSA) is 111 Å². The lowest BCUT2D eigenvalue weighted by molar-refractivity contribution is -0.402. The third-order valence-electron chi connectivity index (χ3n) is 4.37. The number of carbonyl (C=O) groups is 1. The summed E-state index contributed by atoms with van der Waals surface area (Å²) >= 11 is 0. The van der Waals surface area contributed by atoms with Crippen molar-refractivity contribution in [2.45, 2.75) is 0 Å². The fourth-order valence-corrected chi connectivity index (χ4v) is 2.93. The van der Waals surface area contributed by atoms with Gasteiger partial charge in [0.1, 0.15) is 10.7 Å². The van der Waals surface area contributed by atoms with Gasteiger partial charge in [-0.05, 0) is 35.9 Å². The Morgan fingerprint density at radius 2 is 1.81 bits per heavy atom. The number of hydrazone groups is 1. The van der Waals surface area contributed by atoms with Gasteiger partial charge < -0.3 is 4.42 Å². The third-order valence-corrected chi connectivity index (χ3v) is 4.37. The molecule has 0 aliphatic heterocycles. The van der Waals surface area contributed by atoms with Crippen LogP contribution in [0.25, 0.3) is 23.1 Å². The van der Waals surface area contributed by atoms with E-state index < -0.39 is 4.92 Å². The van der Waals surface area contributed by atoms with Crippen LogP contribution in [0.15, 0.2) is 82.3 Å². The van der Waals surface area contributed by atoms with Gasteiger partial charge in [-0.15, -0.1) is 0 Å². The van der Waals surface area contributed by atoms with Crippen LogP contribution in [0.2, 0.25) is 0 Å². The van der Waals surface area contributed by atoms with Crippen molar-refractivity contribution in [1.82, 2.24) is 10.4 Å². The van der Waals surface area contributed by atoms with Crippen LogP contribution in [-0.4, -0.2) is 22.0 Å². The van der Waals surface area contributed by atoms with Crippen molar-refractivity contribution in [3.63, 3.8) is 0 Å². The van der Waals surface area contributed by atoms with Gasteiger partial charge >= 0.3 is 5.88 Å². The van der Waals surface area contributed by atoms with Gasteiger partial charge in [0.15, 0.2) is 0 Å². The number of hydrogen-bond acceptors (Lipinski definition) is 6. The van der Waals surface area contributed by atoms with E-state index in [0.717, 1.165) is 5.56 Å². The van der Waals surface area contributed by atoms with Gasteiger partial charge in [0.05, 0.1) is 29.1 Å². The number of benzene rings is 2. The summed E-state index contributed by atoms with van der Waals surface area (Å²) < 4.78 is 5.12. The van der Waals surface area contributed by atoms with Gasteiger partial charge in [-0.3, -0.25) is 14.9 Å². The number of amides is 1. The first-order chi connectivity index (χ1) is 15.1. The maximum absolute atomic E-state index is 12.8. The number of nitro groups is 1. The van der Waals surface area contributed by atoms with Gasteiger partial charge in [-0.1, -0.05) is 48.5 Å². The highest BCUT2D eigenvalue weighted by Crippen LogP contribution is 2.21. The smallest absolute Gasteiger partial charge is 0.401 e. The molecule has 0 aliphatic carbocycles. The first-order valence-corrected chi connectivity index (χ1v) is 9.31. The molecule has 0 spiro atoms. The van der Waals surface area contributed by atoms with E-state index in [4.69, 9.17) is 4.42 Å². The second-order valence-corrected chi connectivity index (χ2v) is 6.49. The van der Waals surface area contributed by atoms with Gasteiger partial charge in [0.2, 0.25) is 0 Å². The Bertz CT molecular complexity index is 1310. The molecule has 2 heterocycles. The number of rotatable bonds is 6. The molecule has 2 aromatic heterocycles. The molecule has 0 fully saturated rings. The van der Waals surface area contributed by atoms with Crippen molar-refractivity contribution in [3.8, 4) is 0 Å². The van der Waals surface area contributed by atoms with Crippen molar-refractivity contribution >= 4 is 41.1 Å². The summed E-state index contributed by atoms with van der Waals surface area (Å²) in [6.07, 6.45) is 4.74. The Hall–Kier alpha value is -4.59. The van der Waals surface area contributed by atoms with Gasteiger partial charge in [-0.2, -0.15) is 5.10 Å². The quantitative estimate of drug-likeness (QED) is 0.281. The van der Waals surface area contributed by atoms with E-state index in [2.05, 4.69) is 15.5 Å². The van der Waals surface area contributed by atoms with E-state index >= 15 is 0 Å². The monoisotopic (exact) mass is 412 g/mol. The summed E-state index contributed by atoms with van der Waals surface area (Å²) in [5.41, 5.74) is 4.93. The standard InChI is InChI=1S/C23H16N4O4/c28-23(26-24-15-16-6-2-1-3-7-16)20-14-17(25-21-9-5-4-8-19(20)21)10-11-18-12-13-22(31-18)27(29)30/h1-15H,(H,26,28)/b11-10+,24-15+. The SMILES string of the molecule is O=C(N/N=C/c1ccccc1)c1cc(/C=C/c2ccc([N+](=O)[O-])o2)nc2ccccc12. The summed E-state index contributed by atoms with van der Waals surface area (Å²) in [4.78, 5) is 27.4. The number of nitrogens with zero attached hydrogens (tertiary/aromatic N) is 3. The molecule has 4 rings (SSSR count). The highest BCUT2D eigenvalue weighted by atomic mass is 16.6. The summed E-state index contributed by atoms with van der Waals surface area (Å²) in [6, 6.07) is 21.1. The van der Waals surface area contributed by atoms with Crippen LogP contribution < -0.4 is 5.43 Å². The summed E-state index contributed by atoms with van der Waals surface area (Å²) in [5.74, 6) is -0.420. The molecule has 0 saturated heterocycles. The molecule has 0 radical (unpaired) electrons. The normalized spacial score (nSPS) is 11.4. The Morgan fingerprint density at radius 3 is 2.58 bits per heavy atom. The van der Waals surface area contributed by atoms with Crippen LogP contribution in [0.1, 0.15) is 27.4 Å². The maximum atomic E-state index is 12.8. The molecule has 1 amide bonds. The van der Waals surface area contributed by atoms with E-state index in [-0.39, 0.29) is 11.8 Å². The predicted octanol–water partition coefficient (Wildman–Crippen LogP) is 4.67. The molecular weight excluding hydrogens is 396 g/mol. The Labute approximate surface area is 176 Å². The Balaban J connectivity index is 1.61. The molecule has 2 aromatic carbocycles. The average molecular weight is 412 g/mol. The fourth-order valence-electron chi connectivity index (χ4n) is 2.93. The van der Waals surface area contributed by atoms with E-state index in [1.54, 1.807) is 30.5 Å². The molecule has 0 unspecified atom stereocenters. The Morgan fingerprint density at radius 1 is 1.03 bits per heavy atom. The Kier molecular flexibility index (Phi) is 5.62. The molecule has 31 heavy (non-hydrogen) atoms. The van der Waals surface area contributed by atoms with Crippen molar-refractivity contribution in [3.05, 3.63) is 105 Å². The van der Waals surface area contributed by atoms with E-state index in [1.807, 2.05) is 48.5 Å². The van der Waals surface area contributed by atoms with E-state index in [9.17, 15) is 14.9 Å². The predicted molar refractivity (Wildman–Crippen MR) is 118 cm³/mol. The molecule has 0 saturated carbocycles. The van der Waals surface area contributed by atoms with Crippen LogP contribution in [-0.2, 0) is 0 Å². The number of furan rings is 1. The lowest BCUT2D eigenvalue weighted by Crippen LogP contribution is -2.18. The van der Waals surface area contributed by atoms with Gasteiger partial charge in [0.25, 0.3) is 5.91 Å². The molecule has 1 N–H and O–H groups in total. The third kappa shape index (κ3) is 4.70. The van der Waals surface area contributed by atoms with Crippen molar-refractivity contribution < 1.29 is 14.1 Å². The van der Waals surface area contributed by atoms with Crippen LogP contribution in [0.4, 0.5) is 5.88 Å². The number of hydrogen-bond donors (Lipinski definition) is 1. The molecule has 0 aliphatic rings. The van der Waals surface area contributed by atoms with Crippen LogP contribution in [0, 0.1) is 10.1 Å². The lowest BCUT2D eigenvalue weighted by atomic mass is 10.1. The summed E-state index contributed by atoms with van der Waals surface area (Å²) in [5, 5.41) is 15.5. The molecule has 152 valence electrons. The molecular formula is C23H16N4O4. The molecule has 8 nitrogen and oxygen atoms in total. The minimum absolute atomic E-state index is 0.306. The van der Waals surface area contributed by atoms with E-state index in [1.165, 1.54) is 12.1 Å². The summed E-state index contributed by atoms with van der Waals surface area (Å²) in [6.45, 7) is 0. The first-order valence-electron chi connectivity index (χ1n) is 9.31. The van der Waals surface area contributed by atoms with Gasteiger partial charge in [-0.25, -0.2) is 10.4 Å². The molecule has 8 heteroatoms. The number of para-hydroxylation sites is 1. The number of carbonyl (C=O) groups excluding carboxylic acids is 1. The van der Waals surface area contributed by atoms with Gasteiger partial charge in [0, 0.05) is 5.39 Å². The highest BCUT2D eigenvalue weighted by Gasteiger charge is 2.13. The number of fused-ring (bicyclic) bond motifs is 1. The lowest BCUT2D eigenvalue weighted by Gasteiger charge is -2.06. The second kappa shape index (κ2) is 8.83. The molecule has 0 atom stereocenters. The second-order valence-electron chi connectivity index (χ2n) is 6.49. The zero-order valence-electron chi connectivity index (χ0n) is 16.1. The first kappa shape index (κ1) is 19.7. The van der Waals surface area contributed by atoms with Crippen LogP contribution >= 0.6 is 0 Å². The minimum atomic E-state index is -0.607. The molecule has 4 aromatic rings. The van der Waals surface area contributed by atoms with Crippen LogP contribution in [0.5, 0.6) is 0 Å². The number of pyridine rings is 1. The average Bonchev–Trinajstić information content (AvgIpc) is 3.27. The van der Waals surface area contributed by atoms with Crippen molar-refractivity contribution in [2.75, 3.05) is 0 Å². The van der Waals surface area contributed by atoms with Crippen molar-refractivity contribution in [2.24, 2.45) is 5.10 Å². The zero-order valence-corrected chi connectivity index (χ0v) is 16.1. The highest BCUT2D eigenvalue weighted by molar-refractivity contribution is 6.06. The maximum Gasteiger partial charge on any atom is 0.433 e.